The minimum absolute atomic E-state index is 0. The number of benzene rings is 2. The van der Waals surface area contributed by atoms with Crippen molar-refractivity contribution in [3.63, 3.8) is 0 Å². The van der Waals surface area contributed by atoms with Gasteiger partial charge in [-0.1, -0.05) is 29.8 Å². The summed E-state index contributed by atoms with van der Waals surface area (Å²) < 4.78 is 30.1. The molecular formula is C22H30Cl3FN2O3. The number of para-hydroxylation sites is 1. The highest BCUT2D eigenvalue weighted by molar-refractivity contribution is 6.31. The Labute approximate surface area is 201 Å². The first-order chi connectivity index (χ1) is 14.2. The minimum Gasteiger partial charge on any atom is -0.493 e. The van der Waals surface area contributed by atoms with E-state index in [0.29, 0.717) is 23.1 Å². The summed E-state index contributed by atoms with van der Waals surface area (Å²) in [6, 6.07) is 10.1. The number of rotatable bonds is 10. The van der Waals surface area contributed by atoms with E-state index in [2.05, 4.69) is 10.2 Å². The lowest BCUT2D eigenvalue weighted by molar-refractivity contribution is 0.0374. The van der Waals surface area contributed by atoms with Crippen LogP contribution in [-0.2, 0) is 17.9 Å². The second kappa shape index (κ2) is 14.7. The van der Waals surface area contributed by atoms with Crippen LogP contribution in [0.15, 0.2) is 36.4 Å². The molecule has 0 radical (unpaired) electrons. The fourth-order valence-corrected chi connectivity index (χ4v) is 3.51. The number of ether oxygens (including phenoxy) is 3. The Hall–Kier alpha value is -1.28. The number of halogens is 4. The molecule has 0 aromatic heterocycles. The summed E-state index contributed by atoms with van der Waals surface area (Å²) >= 11 is 6.12. The summed E-state index contributed by atoms with van der Waals surface area (Å²) in [4.78, 5) is 2.43. The Morgan fingerprint density at radius 1 is 1.13 bits per heavy atom. The van der Waals surface area contributed by atoms with E-state index < -0.39 is 0 Å². The van der Waals surface area contributed by atoms with E-state index in [9.17, 15) is 4.39 Å². The van der Waals surface area contributed by atoms with Crippen molar-refractivity contribution in [2.75, 3.05) is 46.5 Å². The maximum atomic E-state index is 13.3. The van der Waals surface area contributed by atoms with Crippen LogP contribution < -0.4 is 14.8 Å². The van der Waals surface area contributed by atoms with Gasteiger partial charge < -0.3 is 19.5 Å². The Kier molecular flexibility index (Phi) is 13.2. The molecule has 2 aromatic rings. The standard InChI is InChI=1S/C22H28ClFN2O3.2ClH/c1-27-21-5-2-4-17(15-25-8-3-9-26-10-12-28-13-11-26)22(21)29-16-18-6-7-19(24)14-20(18)23;;/h2,4-7,14,25H,3,8-13,15-16H2,1H3;2*1H. The Balaban J connectivity index is 0.00000240. The highest BCUT2D eigenvalue weighted by atomic mass is 35.5. The molecule has 2 aromatic carbocycles. The largest absolute Gasteiger partial charge is 0.493 e. The Morgan fingerprint density at radius 2 is 1.90 bits per heavy atom. The fourth-order valence-electron chi connectivity index (χ4n) is 3.29. The third-order valence-corrected chi connectivity index (χ3v) is 5.27. The number of nitrogens with zero attached hydrogens (tertiary/aromatic N) is 1. The first-order valence-electron chi connectivity index (χ1n) is 9.91. The summed E-state index contributed by atoms with van der Waals surface area (Å²) in [7, 11) is 1.62. The summed E-state index contributed by atoms with van der Waals surface area (Å²) in [6.45, 7) is 6.58. The monoisotopic (exact) mass is 494 g/mol. The van der Waals surface area contributed by atoms with E-state index >= 15 is 0 Å². The number of morpholine rings is 1. The molecule has 1 fully saturated rings. The van der Waals surface area contributed by atoms with Crippen LogP contribution in [0, 0.1) is 5.82 Å². The van der Waals surface area contributed by atoms with Gasteiger partial charge in [0, 0.05) is 30.8 Å². The van der Waals surface area contributed by atoms with Crippen LogP contribution in [0.3, 0.4) is 0 Å². The zero-order valence-corrected chi connectivity index (χ0v) is 20.0. The molecule has 1 aliphatic heterocycles. The Bertz CT molecular complexity index is 793. The summed E-state index contributed by atoms with van der Waals surface area (Å²) in [5, 5.41) is 3.83. The SMILES string of the molecule is COc1cccc(CNCCCN2CCOCC2)c1OCc1ccc(F)cc1Cl.Cl.Cl. The predicted octanol–water partition coefficient (Wildman–Crippen LogP) is 4.72. The van der Waals surface area contributed by atoms with Crippen molar-refractivity contribution in [2.24, 2.45) is 0 Å². The van der Waals surface area contributed by atoms with E-state index in [0.717, 1.165) is 56.9 Å². The van der Waals surface area contributed by atoms with Crippen molar-refractivity contribution in [1.82, 2.24) is 10.2 Å². The Morgan fingerprint density at radius 3 is 2.61 bits per heavy atom. The summed E-state index contributed by atoms with van der Waals surface area (Å²) in [5.41, 5.74) is 1.73. The molecule has 1 aliphatic rings. The zero-order valence-electron chi connectivity index (χ0n) is 17.6. The molecule has 1 heterocycles. The molecule has 0 amide bonds. The second-order valence-electron chi connectivity index (χ2n) is 6.96. The van der Waals surface area contributed by atoms with Crippen LogP contribution in [0.25, 0.3) is 0 Å². The van der Waals surface area contributed by atoms with Crippen LogP contribution in [0.2, 0.25) is 5.02 Å². The van der Waals surface area contributed by atoms with E-state index in [1.54, 1.807) is 13.2 Å². The quantitative estimate of drug-likeness (QED) is 0.483. The average Bonchev–Trinajstić information content (AvgIpc) is 2.74. The van der Waals surface area contributed by atoms with Gasteiger partial charge in [0.05, 0.1) is 25.3 Å². The second-order valence-corrected chi connectivity index (χ2v) is 7.36. The van der Waals surface area contributed by atoms with Crippen molar-refractivity contribution in [3.05, 3.63) is 58.4 Å². The molecule has 3 rings (SSSR count). The van der Waals surface area contributed by atoms with E-state index in [1.165, 1.54) is 12.1 Å². The smallest absolute Gasteiger partial charge is 0.166 e. The predicted molar refractivity (Wildman–Crippen MR) is 127 cm³/mol. The van der Waals surface area contributed by atoms with Gasteiger partial charge in [0.25, 0.3) is 0 Å². The number of hydrogen-bond acceptors (Lipinski definition) is 5. The molecular weight excluding hydrogens is 466 g/mol. The van der Waals surface area contributed by atoms with Crippen LogP contribution in [0.5, 0.6) is 11.5 Å². The fraction of sp³-hybridized carbons (Fsp3) is 0.455. The topological polar surface area (TPSA) is 43.0 Å². The molecule has 0 aliphatic carbocycles. The van der Waals surface area contributed by atoms with Crippen molar-refractivity contribution < 1.29 is 18.6 Å². The van der Waals surface area contributed by atoms with E-state index in [4.69, 9.17) is 25.8 Å². The van der Waals surface area contributed by atoms with Crippen molar-refractivity contribution in [3.8, 4) is 11.5 Å². The zero-order chi connectivity index (χ0) is 20.5. The maximum absolute atomic E-state index is 13.3. The van der Waals surface area contributed by atoms with E-state index in [1.807, 2.05) is 18.2 Å². The molecule has 0 spiro atoms. The molecule has 9 heteroatoms. The highest BCUT2D eigenvalue weighted by Crippen LogP contribution is 2.32. The van der Waals surface area contributed by atoms with Gasteiger partial charge in [-0.2, -0.15) is 0 Å². The van der Waals surface area contributed by atoms with Crippen molar-refractivity contribution >= 4 is 36.4 Å². The van der Waals surface area contributed by atoms with Gasteiger partial charge in [-0.05, 0) is 37.7 Å². The molecule has 174 valence electrons. The van der Waals surface area contributed by atoms with Gasteiger partial charge >= 0.3 is 0 Å². The first kappa shape index (κ1) is 27.8. The van der Waals surface area contributed by atoms with Gasteiger partial charge in [0.1, 0.15) is 12.4 Å². The van der Waals surface area contributed by atoms with Gasteiger partial charge in [0.15, 0.2) is 11.5 Å². The lowest BCUT2D eigenvalue weighted by atomic mass is 10.1. The van der Waals surface area contributed by atoms with Crippen LogP contribution in [0.4, 0.5) is 4.39 Å². The summed E-state index contributed by atoms with van der Waals surface area (Å²) in [5.74, 6) is 0.977. The van der Waals surface area contributed by atoms with Crippen LogP contribution in [0.1, 0.15) is 17.5 Å². The van der Waals surface area contributed by atoms with Crippen LogP contribution in [-0.4, -0.2) is 51.4 Å². The van der Waals surface area contributed by atoms with Gasteiger partial charge in [-0.25, -0.2) is 4.39 Å². The molecule has 0 unspecified atom stereocenters. The third-order valence-electron chi connectivity index (χ3n) is 4.91. The maximum Gasteiger partial charge on any atom is 0.166 e. The first-order valence-corrected chi connectivity index (χ1v) is 10.3. The lowest BCUT2D eigenvalue weighted by Gasteiger charge is -2.26. The average molecular weight is 496 g/mol. The minimum atomic E-state index is -0.363. The normalized spacial score (nSPS) is 13.8. The number of hydrogen-bond donors (Lipinski definition) is 1. The van der Waals surface area contributed by atoms with Gasteiger partial charge in [0.2, 0.25) is 0 Å². The highest BCUT2D eigenvalue weighted by Gasteiger charge is 2.13. The summed E-state index contributed by atoms with van der Waals surface area (Å²) in [6.07, 6.45) is 1.07. The number of nitrogens with one attached hydrogen (secondary N) is 1. The molecule has 31 heavy (non-hydrogen) atoms. The number of methoxy groups -OCH3 is 1. The van der Waals surface area contributed by atoms with Crippen LogP contribution >= 0.6 is 36.4 Å². The van der Waals surface area contributed by atoms with Gasteiger partial charge in [-0.3, -0.25) is 4.90 Å². The molecule has 0 saturated carbocycles. The lowest BCUT2D eigenvalue weighted by Crippen LogP contribution is -2.37. The molecule has 5 nitrogen and oxygen atoms in total. The van der Waals surface area contributed by atoms with Crippen molar-refractivity contribution in [2.45, 2.75) is 19.6 Å². The molecule has 0 bridgehead atoms. The molecule has 1 saturated heterocycles. The molecule has 1 N–H and O–H groups in total. The molecule has 0 atom stereocenters. The van der Waals surface area contributed by atoms with Gasteiger partial charge in [-0.15, -0.1) is 24.8 Å². The third kappa shape index (κ3) is 8.64. The van der Waals surface area contributed by atoms with E-state index in [-0.39, 0.29) is 37.2 Å². The van der Waals surface area contributed by atoms with Crippen molar-refractivity contribution in [1.29, 1.82) is 0 Å².